The van der Waals surface area contributed by atoms with Crippen LogP contribution in [0.2, 0.25) is 0 Å². The quantitative estimate of drug-likeness (QED) is 0.815. The van der Waals surface area contributed by atoms with Crippen LogP contribution >= 0.6 is 0 Å². The first kappa shape index (κ1) is 12.2. The fraction of sp³-hybridized carbons (Fsp3) is 0.300. The average Bonchev–Trinajstić information content (AvgIpc) is 2.20. The van der Waals surface area contributed by atoms with Crippen molar-refractivity contribution in [3.05, 3.63) is 24.3 Å². The third-order valence-corrected chi connectivity index (χ3v) is 1.83. The van der Waals surface area contributed by atoms with Crippen molar-refractivity contribution in [1.82, 2.24) is 0 Å². The number of benzene rings is 1. The molecule has 1 rings (SSSR count). The van der Waals surface area contributed by atoms with Crippen LogP contribution in [0.5, 0.6) is 5.75 Å². The zero-order valence-corrected chi connectivity index (χ0v) is 8.48. The number of carboxylic acid groups (broad SMARTS) is 1. The fourth-order valence-corrected chi connectivity index (χ4v) is 1.04. The Hall–Kier alpha value is -1.85. The molecule has 1 aromatic rings. The van der Waals surface area contributed by atoms with Crippen LogP contribution in [0.1, 0.15) is 6.92 Å². The Kier molecular flexibility index (Phi) is 4.04. The predicted octanol–water partition coefficient (Wildman–Crippen LogP) is 2.17. The number of rotatable bonds is 5. The largest absolute Gasteiger partial charge is 0.480 e. The average molecular weight is 231 g/mol. The highest BCUT2D eigenvalue weighted by atomic mass is 19.3. The van der Waals surface area contributed by atoms with Gasteiger partial charge in [-0.25, -0.2) is 0 Å². The topological polar surface area (TPSA) is 58.6 Å². The van der Waals surface area contributed by atoms with Crippen LogP contribution in [0.3, 0.4) is 0 Å². The van der Waals surface area contributed by atoms with Crippen molar-refractivity contribution >= 4 is 11.7 Å². The van der Waals surface area contributed by atoms with E-state index in [2.05, 4.69) is 10.1 Å². The van der Waals surface area contributed by atoms with Gasteiger partial charge < -0.3 is 15.2 Å². The van der Waals surface area contributed by atoms with E-state index in [4.69, 9.17) is 5.11 Å². The van der Waals surface area contributed by atoms with E-state index in [0.717, 1.165) is 0 Å². The zero-order valence-electron chi connectivity index (χ0n) is 8.48. The monoisotopic (exact) mass is 231 g/mol. The summed E-state index contributed by atoms with van der Waals surface area (Å²) in [7, 11) is 0. The normalized spacial score (nSPS) is 12.2. The lowest BCUT2D eigenvalue weighted by Crippen LogP contribution is -2.25. The Morgan fingerprint density at radius 1 is 1.38 bits per heavy atom. The molecule has 0 amide bonds. The van der Waals surface area contributed by atoms with Gasteiger partial charge in [-0.1, -0.05) is 0 Å². The van der Waals surface area contributed by atoms with Crippen LogP contribution in [0.4, 0.5) is 14.5 Å². The maximum absolute atomic E-state index is 11.8. The molecular weight excluding hydrogens is 220 g/mol. The molecule has 4 nitrogen and oxygen atoms in total. The van der Waals surface area contributed by atoms with Crippen molar-refractivity contribution in [1.29, 1.82) is 0 Å². The number of hydrogen-bond acceptors (Lipinski definition) is 3. The standard InChI is InChI=1S/C10H11F2NO3/c1-6(9(14)15)13-7-2-4-8(5-3-7)16-10(11)12/h2-6,10,13H,1H3,(H,14,15). The molecule has 0 aliphatic rings. The van der Waals surface area contributed by atoms with Crippen molar-refractivity contribution in [3.63, 3.8) is 0 Å². The maximum Gasteiger partial charge on any atom is 0.387 e. The van der Waals surface area contributed by atoms with Gasteiger partial charge in [0, 0.05) is 5.69 Å². The van der Waals surface area contributed by atoms with Crippen molar-refractivity contribution in [2.75, 3.05) is 5.32 Å². The van der Waals surface area contributed by atoms with Crippen molar-refractivity contribution in [2.45, 2.75) is 19.6 Å². The van der Waals surface area contributed by atoms with Crippen LogP contribution in [0.25, 0.3) is 0 Å². The Morgan fingerprint density at radius 3 is 2.38 bits per heavy atom. The minimum absolute atomic E-state index is 0.0310. The molecule has 1 aromatic carbocycles. The van der Waals surface area contributed by atoms with E-state index in [-0.39, 0.29) is 5.75 Å². The van der Waals surface area contributed by atoms with Gasteiger partial charge in [0.25, 0.3) is 0 Å². The highest BCUT2D eigenvalue weighted by Gasteiger charge is 2.10. The summed E-state index contributed by atoms with van der Waals surface area (Å²) in [5.74, 6) is -0.962. The molecular formula is C10H11F2NO3. The van der Waals surface area contributed by atoms with E-state index in [0.29, 0.717) is 5.69 Å². The molecule has 0 radical (unpaired) electrons. The van der Waals surface area contributed by atoms with E-state index in [1.54, 1.807) is 0 Å². The number of carbonyl (C=O) groups is 1. The molecule has 0 fully saturated rings. The number of aliphatic carboxylic acids is 1. The van der Waals surface area contributed by atoms with Gasteiger partial charge in [-0.3, -0.25) is 4.79 Å². The molecule has 0 bridgehead atoms. The van der Waals surface area contributed by atoms with Crippen LogP contribution < -0.4 is 10.1 Å². The number of hydrogen-bond donors (Lipinski definition) is 2. The molecule has 0 saturated heterocycles. The molecule has 0 heterocycles. The lowest BCUT2D eigenvalue weighted by atomic mass is 10.2. The number of anilines is 1. The van der Waals surface area contributed by atoms with Gasteiger partial charge in [0.05, 0.1) is 0 Å². The van der Waals surface area contributed by atoms with Gasteiger partial charge in [0.15, 0.2) is 0 Å². The van der Waals surface area contributed by atoms with Gasteiger partial charge >= 0.3 is 12.6 Å². The molecule has 6 heteroatoms. The summed E-state index contributed by atoms with van der Waals surface area (Å²) in [6.45, 7) is -1.39. The second-order valence-electron chi connectivity index (χ2n) is 3.11. The molecule has 16 heavy (non-hydrogen) atoms. The summed E-state index contributed by atoms with van der Waals surface area (Å²) in [6, 6.07) is 4.86. The van der Waals surface area contributed by atoms with Crippen LogP contribution in [-0.2, 0) is 4.79 Å². The zero-order chi connectivity index (χ0) is 12.1. The summed E-state index contributed by atoms with van der Waals surface area (Å²) < 4.78 is 27.8. The molecule has 0 aromatic heterocycles. The van der Waals surface area contributed by atoms with Gasteiger partial charge in [-0.15, -0.1) is 0 Å². The number of halogens is 2. The molecule has 2 N–H and O–H groups in total. The lowest BCUT2D eigenvalue weighted by Gasteiger charge is -2.11. The summed E-state index contributed by atoms with van der Waals surface area (Å²) in [4.78, 5) is 10.5. The van der Waals surface area contributed by atoms with Crippen LogP contribution in [-0.4, -0.2) is 23.7 Å². The second-order valence-corrected chi connectivity index (χ2v) is 3.11. The van der Waals surface area contributed by atoms with Crippen molar-refractivity contribution in [2.24, 2.45) is 0 Å². The summed E-state index contributed by atoms with van der Waals surface area (Å²) in [5, 5.41) is 11.3. The SMILES string of the molecule is CC(Nc1ccc(OC(F)F)cc1)C(=O)O. The third kappa shape index (κ3) is 3.72. The number of ether oxygens (including phenoxy) is 1. The smallest absolute Gasteiger partial charge is 0.387 e. The summed E-state index contributed by atoms with van der Waals surface area (Å²) in [5.41, 5.74) is 0.525. The number of alkyl halides is 2. The van der Waals surface area contributed by atoms with Gasteiger partial charge in [0.1, 0.15) is 11.8 Å². The molecule has 1 unspecified atom stereocenters. The van der Waals surface area contributed by atoms with Crippen LogP contribution in [0.15, 0.2) is 24.3 Å². The van der Waals surface area contributed by atoms with E-state index < -0.39 is 18.6 Å². The van der Waals surface area contributed by atoms with Crippen LogP contribution in [0, 0.1) is 0 Å². The van der Waals surface area contributed by atoms with E-state index in [1.165, 1.54) is 31.2 Å². The van der Waals surface area contributed by atoms with E-state index in [1.807, 2.05) is 0 Å². The second kappa shape index (κ2) is 5.29. The van der Waals surface area contributed by atoms with Crippen molar-refractivity contribution < 1.29 is 23.4 Å². The maximum atomic E-state index is 11.8. The van der Waals surface area contributed by atoms with E-state index >= 15 is 0 Å². The Balaban J connectivity index is 2.61. The Bertz CT molecular complexity index is 354. The van der Waals surface area contributed by atoms with Gasteiger partial charge in [0.2, 0.25) is 0 Å². The molecule has 88 valence electrons. The third-order valence-electron chi connectivity index (χ3n) is 1.83. The minimum Gasteiger partial charge on any atom is -0.480 e. The molecule has 0 spiro atoms. The lowest BCUT2D eigenvalue weighted by molar-refractivity contribution is -0.137. The number of carboxylic acids is 1. The summed E-state index contributed by atoms with van der Waals surface area (Å²) >= 11 is 0. The summed E-state index contributed by atoms with van der Waals surface area (Å²) in [6.07, 6.45) is 0. The van der Waals surface area contributed by atoms with Crippen molar-refractivity contribution in [3.8, 4) is 5.75 Å². The Morgan fingerprint density at radius 2 is 1.94 bits per heavy atom. The van der Waals surface area contributed by atoms with E-state index in [9.17, 15) is 13.6 Å². The fourth-order valence-electron chi connectivity index (χ4n) is 1.04. The Labute approximate surface area is 90.8 Å². The molecule has 0 saturated carbocycles. The van der Waals surface area contributed by atoms with Gasteiger partial charge in [-0.2, -0.15) is 8.78 Å². The highest BCUT2D eigenvalue weighted by Crippen LogP contribution is 2.18. The molecule has 0 aliphatic carbocycles. The first-order chi connectivity index (χ1) is 7.49. The first-order valence-corrected chi connectivity index (χ1v) is 4.53. The van der Waals surface area contributed by atoms with Gasteiger partial charge in [-0.05, 0) is 31.2 Å². The highest BCUT2D eigenvalue weighted by molar-refractivity contribution is 5.76. The first-order valence-electron chi connectivity index (χ1n) is 4.53. The molecule has 1 atom stereocenters. The minimum atomic E-state index is -2.86. The molecule has 0 aliphatic heterocycles. The number of nitrogens with one attached hydrogen (secondary N) is 1. The predicted molar refractivity (Wildman–Crippen MR) is 53.8 cm³/mol.